The minimum absolute atomic E-state index is 0. The predicted octanol–water partition coefficient (Wildman–Crippen LogP) is -1.82. The van der Waals surface area contributed by atoms with Crippen LogP contribution in [0, 0.1) is 0 Å². The Kier molecular flexibility index (Phi) is 8.31. The molecule has 0 spiro atoms. The fraction of sp³-hybridized carbons (Fsp3) is 0.167. The van der Waals surface area contributed by atoms with Crippen molar-refractivity contribution in [3.8, 4) is 0 Å². The molecule has 0 saturated heterocycles. The second-order valence-corrected chi connectivity index (χ2v) is 1.42. The van der Waals surface area contributed by atoms with Crippen LogP contribution >= 0.6 is 0 Å². The van der Waals surface area contributed by atoms with Crippen LogP contribution in [-0.2, 0) is 19.5 Å². The van der Waals surface area contributed by atoms with Gasteiger partial charge in [0.25, 0.3) is 0 Å². The maximum atomic E-state index is 3.79. The third-order valence-corrected chi connectivity index (χ3v) is 0.777. The number of nitrogens with zero attached hydrogens (tertiary/aromatic N) is 1. The van der Waals surface area contributed by atoms with Crippen LogP contribution in [0.5, 0.6) is 0 Å². The monoisotopic (exact) mass is 235 g/mol. The summed E-state index contributed by atoms with van der Waals surface area (Å²) in [5.74, 6) is 0. The van der Waals surface area contributed by atoms with Gasteiger partial charge in [0.1, 0.15) is 0 Å². The zero-order valence-electron chi connectivity index (χ0n) is 5.26. The van der Waals surface area contributed by atoms with E-state index in [0.29, 0.717) is 0 Å². The molecule has 0 aromatic carbocycles. The smallest absolute Gasteiger partial charge is 0.0689 e. The summed E-state index contributed by atoms with van der Waals surface area (Å²) in [6, 6.07) is 0. The molecule has 1 heterocycles. The van der Waals surface area contributed by atoms with Gasteiger partial charge < -0.3 is 17.0 Å². The Hall–Kier alpha value is 0.163. The van der Waals surface area contributed by atoms with E-state index in [0.717, 1.165) is 5.57 Å². The van der Waals surface area contributed by atoms with Crippen LogP contribution in [0.15, 0.2) is 29.8 Å². The van der Waals surface area contributed by atoms with Crippen LogP contribution < -0.4 is 22.3 Å². The Balaban J connectivity index is 0. The number of allylic oxidation sites excluding steroid dienone is 2. The van der Waals surface area contributed by atoms with Gasteiger partial charge in [-0.3, -0.25) is 5.32 Å². The van der Waals surface area contributed by atoms with Crippen molar-refractivity contribution in [2.24, 2.45) is 0 Å². The Morgan fingerprint density at radius 2 is 2.22 bits per heavy atom. The summed E-state index contributed by atoms with van der Waals surface area (Å²) < 4.78 is 0. The molecule has 1 rings (SSSR count). The van der Waals surface area contributed by atoms with E-state index in [1.807, 2.05) is 13.0 Å². The van der Waals surface area contributed by atoms with Gasteiger partial charge in [0.05, 0.1) is 6.20 Å². The van der Waals surface area contributed by atoms with Crippen LogP contribution in [-0.4, -0.2) is 0 Å². The summed E-state index contributed by atoms with van der Waals surface area (Å²) in [6.45, 7) is 1.99. The van der Waals surface area contributed by atoms with Gasteiger partial charge in [-0.05, 0) is 18.6 Å². The second-order valence-electron chi connectivity index (χ2n) is 1.42. The van der Waals surface area contributed by atoms with Gasteiger partial charge in [-0.15, -0.1) is 0 Å². The molecule has 45 valence electrons. The standard InChI is InChI=1S/C6H6N.BrH.Zn/c1-6-2-4-7-5-3-6;;/h2,4-5H,1H3;1H;/p-1. The molecule has 1 nitrogen and oxygen atoms in total. The minimum Gasteiger partial charge on any atom is -1.00 e. The molecule has 0 aromatic rings. The maximum absolute atomic E-state index is 3.79. The van der Waals surface area contributed by atoms with E-state index in [1.54, 1.807) is 12.4 Å². The Morgan fingerprint density at radius 3 is 2.44 bits per heavy atom. The Bertz CT molecular complexity index is 156. The molecule has 9 heavy (non-hydrogen) atoms. The van der Waals surface area contributed by atoms with Gasteiger partial charge >= 0.3 is 0 Å². The molecule has 0 aliphatic carbocycles. The molecule has 0 aromatic heterocycles. The number of halogens is 1. The van der Waals surface area contributed by atoms with Gasteiger partial charge in [0.15, 0.2) is 0 Å². The molecule has 0 N–H and O–H groups in total. The van der Waals surface area contributed by atoms with E-state index in [2.05, 4.69) is 11.0 Å². The third kappa shape index (κ3) is 4.65. The third-order valence-electron chi connectivity index (χ3n) is 0.777. The quantitative estimate of drug-likeness (QED) is 0.348. The van der Waals surface area contributed by atoms with Gasteiger partial charge in [0.2, 0.25) is 0 Å². The molecule has 1 radical (unpaired) electrons. The fourth-order valence-corrected chi connectivity index (χ4v) is 0.385. The van der Waals surface area contributed by atoms with Crippen molar-refractivity contribution in [1.29, 1.82) is 0 Å². The molecule has 0 fully saturated rings. The minimum atomic E-state index is 0. The molecule has 1 aliphatic heterocycles. The largest absolute Gasteiger partial charge is 1.00 e. The molecular formula is C6H6BrNZn-. The first-order valence-corrected chi connectivity index (χ1v) is 2.18. The average molecular weight is 237 g/mol. The number of rotatable bonds is 0. The van der Waals surface area contributed by atoms with E-state index in [-0.39, 0.29) is 36.5 Å². The van der Waals surface area contributed by atoms with E-state index in [4.69, 9.17) is 0 Å². The van der Waals surface area contributed by atoms with Gasteiger partial charge in [-0.2, -0.15) is 0 Å². The SMILES string of the molecule is CC1=C=C[N]C=C1.[Br-].[Zn]. The van der Waals surface area contributed by atoms with Crippen molar-refractivity contribution in [2.45, 2.75) is 6.92 Å². The van der Waals surface area contributed by atoms with Crippen LogP contribution in [0.1, 0.15) is 6.92 Å². The Morgan fingerprint density at radius 1 is 1.56 bits per heavy atom. The molecule has 0 bridgehead atoms. The van der Waals surface area contributed by atoms with Crippen molar-refractivity contribution in [3.63, 3.8) is 0 Å². The normalized spacial score (nSPS) is 12.3. The van der Waals surface area contributed by atoms with Gasteiger partial charge in [-0.25, -0.2) is 0 Å². The summed E-state index contributed by atoms with van der Waals surface area (Å²) >= 11 is 0. The van der Waals surface area contributed by atoms with Gasteiger partial charge in [-0.1, -0.05) is 5.73 Å². The van der Waals surface area contributed by atoms with E-state index < -0.39 is 0 Å². The zero-order chi connectivity index (χ0) is 5.11. The predicted molar refractivity (Wildman–Crippen MR) is 28.5 cm³/mol. The van der Waals surface area contributed by atoms with Crippen LogP contribution in [0.2, 0.25) is 0 Å². The summed E-state index contributed by atoms with van der Waals surface area (Å²) in [6.07, 6.45) is 5.33. The molecule has 0 unspecified atom stereocenters. The van der Waals surface area contributed by atoms with Crippen molar-refractivity contribution in [2.75, 3.05) is 0 Å². The summed E-state index contributed by atoms with van der Waals surface area (Å²) in [4.78, 5) is 0. The molecule has 0 amide bonds. The second kappa shape index (κ2) is 6.29. The van der Waals surface area contributed by atoms with Crippen molar-refractivity contribution in [3.05, 3.63) is 29.8 Å². The average Bonchev–Trinajstić information content (AvgIpc) is 1.69. The van der Waals surface area contributed by atoms with Crippen LogP contribution in [0.4, 0.5) is 0 Å². The van der Waals surface area contributed by atoms with E-state index >= 15 is 0 Å². The molecule has 0 saturated carbocycles. The maximum Gasteiger partial charge on any atom is 0.0689 e. The van der Waals surface area contributed by atoms with Crippen LogP contribution in [0.3, 0.4) is 0 Å². The Labute approximate surface area is 78.4 Å². The van der Waals surface area contributed by atoms with Crippen molar-refractivity contribution < 1.29 is 36.5 Å². The first-order chi connectivity index (χ1) is 3.39. The van der Waals surface area contributed by atoms with Crippen molar-refractivity contribution in [1.82, 2.24) is 5.32 Å². The molecule has 3 heteroatoms. The van der Waals surface area contributed by atoms with Crippen molar-refractivity contribution >= 4 is 0 Å². The fourth-order valence-electron chi connectivity index (χ4n) is 0.385. The zero-order valence-corrected chi connectivity index (χ0v) is 9.82. The first kappa shape index (κ1) is 11.9. The molecule has 0 atom stereocenters. The topological polar surface area (TPSA) is 14.1 Å². The molecular weight excluding hydrogens is 231 g/mol. The van der Waals surface area contributed by atoms with Crippen LogP contribution in [0.25, 0.3) is 0 Å². The molecule has 1 aliphatic rings. The van der Waals surface area contributed by atoms with Gasteiger partial charge in [0, 0.05) is 25.7 Å². The number of hydrogen-bond acceptors (Lipinski definition) is 0. The number of hydrogen-bond donors (Lipinski definition) is 0. The van der Waals surface area contributed by atoms with E-state index in [9.17, 15) is 0 Å². The van der Waals surface area contributed by atoms with E-state index in [1.165, 1.54) is 0 Å². The summed E-state index contributed by atoms with van der Waals surface area (Å²) in [5.41, 5.74) is 4.05. The summed E-state index contributed by atoms with van der Waals surface area (Å²) in [7, 11) is 0. The first-order valence-electron chi connectivity index (χ1n) is 2.18. The summed E-state index contributed by atoms with van der Waals surface area (Å²) in [5, 5.41) is 3.79.